The summed E-state index contributed by atoms with van der Waals surface area (Å²) in [6, 6.07) is 6.83. The van der Waals surface area contributed by atoms with Gasteiger partial charge in [0.15, 0.2) is 0 Å². The van der Waals surface area contributed by atoms with Crippen LogP contribution in [0.15, 0.2) is 24.3 Å². The van der Waals surface area contributed by atoms with Gasteiger partial charge in [0.25, 0.3) is 0 Å². The van der Waals surface area contributed by atoms with Crippen LogP contribution in [0, 0.1) is 5.92 Å². The average Bonchev–Trinajstić information content (AvgIpc) is 2.43. The van der Waals surface area contributed by atoms with E-state index in [1.165, 1.54) is 0 Å². The zero-order chi connectivity index (χ0) is 15.4. The Labute approximate surface area is 125 Å². The molecule has 1 saturated heterocycles. The van der Waals surface area contributed by atoms with E-state index < -0.39 is 6.04 Å². The summed E-state index contributed by atoms with van der Waals surface area (Å²) in [5.74, 6) is 0.940. The van der Waals surface area contributed by atoms with Crippen LogP contribution in [0.25, 0.3) is 0 Å². The van der Waals surface area contributed by atoms with Crippen molar-refractivity contribution in [3.8, 4) is 5.75 Å². The Morgan fingerprint density at radius 3 is 2.52 bits per heavy atom. The van der Waals surface area contributed by atoms with E-state index in [0.29, 0.717) is 18.9 Å². The van der Waals surface area contributed by atoms with E-state index in [0.717, 1.165) is 11.4 Å². The Bertz CT molecular complexity index is 511. The van der Waals surface area contributed by atoms with Crippen LogP contribution < -0.4 is 15.0 Å². The number of ether oxygens (including phenoxy) is 1. The van der Waals surface area contributed by atoms with Crippen molar-refractivity contribution in [2.24, 2.45) is 5.92 Å². The number of amides is 2. The van der Waals surface area contributed by atoms with Crippen molar-refractivity contribution in [1.82, 2.24) is 5.32 Å². The maximum absolute atomic E-state index is 12.5. The molecule has 1 aromatic carbocycles. The minimum absolute atomic E-state index is 0.0486. The second-order valence-electron chi connectivity index (χ2n) is 5.60. The summed E-state index contributed by atoms with van der Waals surface area (Å²) in [6.45, 7) is 6.66. The van der Waals surface area contributed by atoms with Crippen LogP contribution in [0.1, 0.15) is 27.2 Å². The van der Waals surface area contributed by atoms with Crippen molar-refractivity contribution in [2.75, 3.05) is 18.1 Å². The third kappa shape index (κ3) is 3.74. The predicted octanol–water partition coefficient (Wildman–Crippen LogP) is 1.96. The van der Waals surface area contributed by atoms with Crippen LogP contribution in [-0.4, -0.2) is 31.0 Å². The van der Waals surface area contributed by atoms with Crippen molar-refractivity contribution in [3.05, 3.63) is 24.3 Å². The molecule has 1 aromatic rings. The van der Waals surface area contributed by atoms with Gasteiger partial charge in [-0.05, 0) is 43.5 Å². The van der Waals surface area contributed by atoms with Gasteiger partial charge in [0.2, 0.25) is 11.8 Å². The summed E-state index contributed by atoms with van der Waals surface area (Å²) >= 11 is 0. The van der Waals surface area contributed by atoms with Gasteiger partial charge < -0.3 is 15.0 Å². The maximum Gasteiger partial charge on any atom is 0.250 e. The largest absolute Gasteiger partial charge is 0.494 e. The minimum atomic E-state index is -0.433. The van der Waals surface area contributed by atoms with E-state index in [9.17, 15) is 9.59 Å². The first-order valence-electron chi connectivity index (χ1n) is 7.35. The van der Waals surface area contributed by atoms with E-state index >= 15 is 0 Å². The molecule has 1 atom stereocenters. The van der Waals surface area contributed by atoms with Crippen LogP contribution in [-0.2, 0) is 9.59 Å². The molecule has 0 radical (unpaired) electrons. The van der Waals surface area contributed by atoms with Gasteiger partial charge in [-0.25, -0.2) is 0 Å². The molecule has 1 heterocycles. The van der Waals surface area contributed by atoms with Gasteiger partial charge in [0.1, 0.15) is 18.3 Å². The number of anilines is 1. The zero-order valence-corrected chi connectivity index (χ0v) is 12.8. The number of hydrogen-bond acceptors (Lipinski definition) is 3. The second-order valence-corrected chi connectivity index (χ2v) is 5.60. The first-order valence-corrected chi connectivity index (χ1v) is 7.35. The summed E-state index contributed by atoms with van der Waals surface area (Å²) in [5.41, 5.74) is 0.729. The molecule has 5 heteroatoms. The van der Waals surface area contributed by atoms with Crippen LogP contribution in [0.4, 0.5) is 5.69 Å². The lowest BCUT2D eigenvalue weighted by Gasteiger charge is -2.33. The van der Waals surface area contributed by atoms with E-state index in [2.05, 4.69) is 5.32 Å². The van der Waals surface area contributed by atoms with Crippen LogP contribution in [0.5, 0.6) is 5.75 Å². The molecule has 0 aliphatic carbocycles. The molecule has 5 nitrogen and oxygen atoms in total. The van der Waals surface area contributed by atoms with Crippen molar-refractivity contribution in [1.29, 1.82) is 0 Å². The Balaban J connectivity index is 2.16. The molecule has 114 valence electrons. The summed E-state index contributed by atoms with van der Waals surface area (Å²) in [4.78, 5) is 25.9. The lowest BCUT2D eigenvalue weighted by molar-refractivity contribution is -0.131. The number of rotatable bonds is 5. The molecule has 1 unspecified atom stereocenters. The minimum Gasteiger partial charge on any atom is -0.494 e. The first-order chi connectivity index (χ1) is 10.0. The normalized spacial score (nSPS) is 18.9. The Kier molecular flexibility index (Phi) is 4.83. The molecule has 0 spiro atoms. The summed E-state index contributed by atoms with van der Waals surface area (Å²) in [5, 5.41) is 2.77. The third-order valence-electron chi connectivity index (χ3n) is 3.37. The smallest absolute Gasteiger partial charge is 0.250 e. The predicted molar refractivity (Wildman–Crippen MR) is 81.3 cm³/mol. The van der Waals surface area contributed by atoms with Gasteiger partial charge in [-0.1, -0.05) is 13.8 Å². The number of benzene rings is 1. The fraction of sp³-hybridized carbons (Fsp3) is 0.500. The number of nitrogens with one attached hydrogen (secondary N) is 1. The Hall–Kier alpha value is -2.04. The number of piperazine rings is 1. The lowest BCUT2D eigenvalue weighted by atomic mass is 10.0. The molecule has 0 aromatic heterocycles. The van der Waals surface area contributed by atoms with Crippen LogP contribution >= 0.6 is 0 Å². The Morgan fingerprint density at radius 1 is 1.29 bits per heavy atom. The molecule has 1 N–H and O–H groups in total. The fourth-order valence-corrected chi connectivity index (χ4v) is 2.45. The maximum atomic E-state index is 12.5. The highest BCUT2D eigenvalue weighted by Crippen LogP contribution is 2.22. The van der Waals surface area contributed by atoms with Gasteiger partial charge in [-0.2, -0.15) is 0 Å². The molecule has 0 saturated carbocycles. The van der Waals surface area contributed by atoms with Crippen molar-refractivity contribution in [3.63, 3.8) is 0 Å². The third-order valence-corrected chi connectivity index (χ3v) is 3.37. The quantitative estimate of drug-likeness (QED) is 0.902. The van der Waals surface area contributed by atoms with Gasteiger partial charge in [-0.15, -0.1) is 0 Å². The molecular weight excluding hydrogens is 268 g/mol. The number of carbonyl (C=O) groups excluding carboxylic acids is 2. The SMILES string of the molecule is CCOc1ccc(N2CC(=O)NC(CC(C)C)C2=O)cc1. The van der Waals surface area contributed by atoms with Gasteiger partial charge >= 0.3 is 0 Å². The second kappa shape index (κ2) is 6.61. The van der Waals surface area contributed by atoms with E-state index in [-0.39, 0.29) is 18.4 Å². The van der Waals surface area contributed by atoms with Gasteiger partial charge in [0.05, 0.1) is 6.61 Å². The average molecular weight is 290 g/mol. The molecule has 21 heavy (non-hydrogen) atoms. The van der Waals surface area contributed by atoms with E-state index in [1.807, 2.05) is 45.0 Å². The molecule has 1 aliphatic rings. The topological polar surface area (TPSA) is 58.6 Å². The Morgan fingerprint density at radius 2 is 1.95 bits per heavy atom. The summed E-state index contributed by atoms with van der Waals surface area (Å²) in [6.07, 6.45) is 0.651. The van der Waals surface area contributed by atoms with Crippen molar-refractivity contribution in [2.45, 2.75) is 33.2 Å². The van der Waals surface area contributed by atoms with E-state index in [1.54, 1.807) is 4.90 Å². The fourth-order valence-electron chi connectivity index (χ4n) is 2.45. The van der Waals surface area contributed by atoms with Crippen molar-refractivity contribution < 1.29 is 14.3 Å². The highest BCUT2D eigenvalue weighted by Gasteiger charge is 2.33. The standard InChI is InChI=1S/C16H22N2O3/c1-4-21-13-7-5-12(6-8-13)18-10-15(19)17-14(16(18)20)9-11(2)3/h5-8,11,14H,4,9-10H2,1-3H3,(H,17,19). The van der Waals surface area contributed by atoms with Crippen molar-refractivity contribution >= 4 is 17.5 Å². The number of carbonyl (C=O) groups is 2. The van der Waals surface area contributed by atoms with Crippen LogP contribution in [0.2, 0.25) is 0 Å². The van der Waals surface area contributed by atoms with Gasteiger partial charge in [0, 0.05) is 5.69 Å². The molecule has 0 bridgehead atoms. The number of nitrogens with zero attached hydrogens (tertiary/aromatic N) is 1. The summed E-state index contributed by atoms with van der Waals surface area (Å²) < 4.78 is 5.39. The zero-order valence-electron chi connectivity index (χ0n) is 12.8. The first kappa shape index (κ1) is 15.4. The number of hydrogen-bond donors (Lipinski definition) is 1. The van der Waals surface area contributed by atoms with Gasteiger partial charge in [-0.3, -0.25) is 9.59 Å². The highest BCUT2D eigenvalue weighted by atomic mass is 16.5. The molecule has 1 fully saturated rings. The van der Waals surface area contributed by atoms with Crippen LogP contribution in [0.3, 0.4) is 0 Å². The summed E-state index contributed by atoms with van der Waals surface area (Å²) in [7, 11) is 0. The molecule has 2 amide bonds. The lowest BCUT2D eigenvalue weighted by Crippen LogP contribution is -2.58. The molecule has 2 rings (SSSR count). The molecular formula is C16H22N2O3. The monoisotopic (exact) mass is 290 g/mol. The van der Waals surface area contributed by atoms with E-state index in [4.69, 9.17) is 4.74 Å². The molecule has 1 aliphatic heterocycles. The highest BCUT2D eigenvalue weighted by molar-refractivity contribution is 6.06.